The quantitative estimate of drug-likeness (QED) is 0.597. The molecule has 0 radical (unpaired) electrons. The van der Waals surface area contributed by atoms with Crippen LogP contribution >= 0.6 is 23.2 Å². The van der Waals surface area contributed by atoms with E-state index in [1.165, 1.54) is 0 Å². The number of carbonyl (C=O) groups excluding carboxylic acids is 1. The number of isocyanates is 1. The minimum absolute atomic E-state index is 0.300. The topological polar surface area (TPSA) is 40.9 Å². The Morgan fingerprint density at radius 2 is 1.41 bits per heavy atom. The number of hydrogen-bond acceptors (Lipinski definition) is 2. The van der Waals surface area contributed by atoms with Crippen LogP contribution < -0.4 is 0 Å². The van der Waals surface area contributed by atoms with Crippen LogP contribution in [0.4, 0.5) is 0 Å². The van der Waals surface area contributed by atoms with Crippen LogP contribution in [0.3, 0.4) is 0 Å². The number of hydrogen-bond donors (Lipinski definition) is 1. The molecule has 0 atom stereocenters. The van der Waals surface area contributed by atoms with E-state index >= 15 is 0 Å². The zero-order valence-electron chi connectivity index (χ0n) is 10.6. The van der Waals surface area contributed by atoms with E-state index in [1.807, 2.05) is 12.1 Å². The first-order valence-electron chi connectivity index (χ1n) is 5.56. The van der Waals surface area contributed by atoms with E-state index < -0.39 is 0 Å². The van der Waals surface area contributed by atoms with Crippen molar-refractivity contribution in [2.75, 3.05) is 0 Å². The van der Waals surface area contributed by atoms with Gasteiger partial charge in [-0.25, -0.2) is 10.2 Å². The van der Waals surface area contributed by atoms with Gasteiger partial charge in [0.1, 0.15) is 0 Å². The van der Waals surface area contributed by atoms with Gasteiger partial charge >= 0.3 is 0 Å². The highest BCUT2D eigenvalue weighted by Gasteiger charge is 1.98. The summed E-state index contributed by atoms with van der Waals surface area (Å²) in [6, 6.07) is 10.9. The van der Waals surface area contributed by atoms with Crippen LogP contribution in [0.15, 0.2) is 48.5 Å². The highest BCUT2D eigenvalue weighted by molar-refractivity contribution is 6.31. The molecule has 0 unspecified atom stereocenters. The fraction of sp³-hybridized carbons (Fsp3) is 0. The summed E-state index contributed by atoms with van der Waals surface area (Å²) in [5.74, 6) is 0. The molecule has 1 N–H and O–H groups in total. The third-order valence-electron chi connectivity index (χ3n) is 1.87. The summed E-state index contributed by atoms with van der Waals surface area (Å²) in [5, 5.41) is 6.21. The molecule has 0 aliphatic rings. The van der Waals surface area contributed by atoms with Gasteiger partial charge in [-0.3, -0.25) is 0 Å². The summed E-state index contributed by atoms with van der Waals surface area (Å²) in [6.45, 7) is 0. The van der Waals surface area contributed by atoms with Crippen LogP contribution in [0.1, 0.15) is 2.74 Å². The van der Waals surface area contributed by atoms with E-state index in [4.69, 9.17) is 36.1 Å². The predicted molar refractivity (Wildman–Crippen MR) is 70.3 cm³/mol. The lowest BCUT2D eigenvalue weighted by molar-refractivity contribution is 0.563. The van der Waals surface area contributed by atoms with E-state index in [2.05, 4.69) is 0 Å². The third kappa shape index (κ3) is 4.41. The zero-order valence-corrected chi connectivity index (χ0v) is 10.1. The van der Waals surface area contributed by atoms with Gasteiger partial charge in [-0.1, -0.05) is 47.5 Å². The van der Waals surface area contributed by atoms with Gasteiger partial charge in [0.15, 0.2) is 0 Å². The maximum Gasteiger partial charge on any atom is 0.231 e. The Balaban J connectivity index is 0.000000550. The van der Waals surface area contributed by atoms with Crippen molar-refractivity contribution >= 4 is 29.3 Å². The van der Waals surface area contributed by atoms with Gasteiger partial charge in [-0.2, -0.15) is 0 Å². The third-order valence-corrected chi connectivity index (χ3v) is 2.30. The standard InChI is InChI=1S/C12H8Cl2.CHNO/c13-11-5-1-3-9(7-11)10-4-2-6-12(14)8-10;2-1-3/h1-8H;2H/i5D,6D;. The molecule has 0 heterocycles. The SMILES string of the molecule is N=C=O.[2H]c1ccc(-c2ccc([2H])c(Cl)c2)cc1Cl. The molecule has 0 saturated carbocycles. The second kappa shape index (κ2) is 6.87. The summed E-state index contributed by atoms with van der Waals surface area (Å²) in [6.07, 6.45) is 0.750. The van der Waals surface area contributed by atoms with Gasteiger partial charge in [0.05, 0.1) is 2.74 Å². The van der Waals surface area contributed by atoms with Crippen molar-refractivity contribution in [3.63, 3.8) is 0 Å². The second-order valence-corrected chi connectivity index (χ2v) is 3.77. The summed E-state index contributed by atoms with van der Waals surface area (Å²) in [4.78, 5) is 8.35. The summed E-state index contributed by atoms with van der Waals surface area (Å²) in [7, 11) is 0. The first kappa shape index (κ1) is 10.5. The molecule has 2 aromatic carbocycles. The van der Waals surface area contributed by atoms with Gasteiger partial charge < -0.3 is 0 Å². The Morgan fingerprint density at radius 3 is 1.71 bits per heavy atom. The van der Waals surface area contributed by atoms with E-state index in [0.717, 1.165) is 17.2 Å². The van der Waals surface area contributed by atoms with Crippen molar-refractivity contribution in [2.24, 2.45) is 0 Å². The van der Waals surface area contributed by atoms with Crippen molar-refractivity contribution in [1.82, 2.24) is 0 Å². The molecule has 0 fully saturated rings. The minimum atomic E-state index is 0.300. The fourth-order valence-electron chi connectivity index (χ4n) is 1.23. The highest BCUT2D eigenvalue weighted by Crippen LogP contribution is 2.24. The predicted octanol–water partition coefficient (Wildman–Crippen LogP) is 4.56. The van der Waals surface area contributed by atoms with Crippen LogP contribution in [-0.4, -0.2) is 6.08 Å². The normalized spacial score (nSPS) is 10.5. The average Bonchev–Trinajstić information content (AvgIpc) is 2.37. The summed E-state index contributed by atoms with van der Waals surface area (Å²) < 4.78 is 14.9. The van der Waals surface area contributed by atoms with Gasteiger partial charge in [0.25, 0.3) is 0 Å². The Hall–Kier alpha value is -1.60. The monoisotopic (exact) mass is 267 g/mol. The summed E-state index contributed by atoms with van der Waals surface area (Å²) in [5.41, 5.74) is 1.78. The Kier molecular flexibility index (Phi) is 4.26. The Bertz CT molecular complexity index is 577. The molecule has 2 nitrogen and oxygen atoms in total. The molecular weight excluding hydrogens is 257 g/mol. The first-order valence-corrected chi connectivity index (χ1v) is 5.31. The van der Waals surface area contributed by atoms with E-state index in [0.29, 0.717) is 22.1 Å². The van der Waals surface area contributed by atoms with Gasteiger partial charge in [0, 0.05) is 10.0 Å². The lowest BCUT2D eigenvalue weighted by Gasteiger charge is -2.02. The van der Waals surface area contributed by atoms with E-state index in [1.54, 1.807) is 24.3 Å². The highest BCUT2D eigenvalue weighted by atomic mass is 35.5. The second-order valence-electron chi connectivity index (χ2n) is 2.95. The van der Waals surface area contributed by atoms with Crippen LogP contribution in [0.2, 0.25) is 10.0 Å². The molecule has 2 aromatic rings. The average molecular weight is 268 g/mol. The van der Waals surface area contributed by atoms with Crippen molar-refractivity contribution < 1.29 is 7.54 Å². The van der Waals surface area contributed by atoms with Crippen molar-refractivity contribution in [3.05, 3.63) is 58.5 Å². The molecule has 0 spiro atoms. The molecular formula is C13H9Cl2NO. The van der Waals surface area contributed by atoms with Gasteiger partial charge in [0.2, 0.25) is 6.08 Å². The van der Waals surface area contributed by atoms with Gasteiger partial charge in [-0.15, -0.1) is 0 Å². The molecule has 0 aliphatic heterocycles. The van der Waals surface area contributed by atoms with Crippen LogP contribution in [0, 0.1) is 5.41 Å². The molecule has 0 aliphatic carbocycles. The Morgan fingerprint density at radius 1 is 1.06 bits per heavy atom. The first-order chi connectivity index (χ1) is 8.99. The molecule has 4 heteroatoms. The van der Waals surface area contributed by atoms with E-state index in [9.17, 15) is 0 Å². The molecule has 86 valence electrons. The van der Waals surface area contributed by atoms with Crippen molar-refractivity contribution in [3.8, 4) is 11.1 Å². The largest absolute Gasteiger partial charge is 0.231 e. The van der Waals surface area contributed by atoms with Crippen molar-refractivity contribution in [2.45, 2.75) is 0 Å². The van der Waals surface area contributed by atoms with Gasteiger partial charge in [-0.05, 0) is 35.3 Å². The van der Waals surface area contributed by atoms with Crippen LogP contribution in [0.5, 0.6) is 0 Å². The number of halogens is 2. The molecule has 0 bridgehead atoms. The van der Waals surface area contributed by atoms with Crippen LogP contribution in [-0.2, 0) is 4.79 Å². The fourth-order valence-corrected chi connectivity index (χ4v) is 1.59. The molecule has 0 amide bonds. The molecule has 17 heavy (non-hydrogen) atoms. The van der Waals surface area contributed by atoms with E-state index in [-0.39, 0.29) is 0 Å². The molecule has 2 rings (SSSR count). The minimum Gasteiger partial charge on any atom is -0.222 e. The summed E-state index contributed by atoms with van der Waals surface area (Å²) >= 11 is 11.8. The number of rotatable bonds is 1. The number of nitrogens with one attached hydrogen (secondary N) is 1. The molecule has 0 saturated heterocycles. The lowest BCUT2D eigenvalue weighted by atomic mass is 10.1. The molecule has 0 aromatic heterocycles. The Labute approximate surface area is 112 Å². The maximum absolute atomic E-state index is 8.35. The van der Waals surface area contributed by atoms with Crippen molar-refractivity contribution in [1.29, 1.82) is 5.41 Å². The lowest BCUT2D eigenvalue weighted by Crippen LogP contribution is -1.76. The number of benzene rings is 2. The maximum atomic E-state index is 8.35. The smallest absolute Gasteiger partial charge is 0.222 e. The van der Waals surface area contributed by atoms with Crippen LogP contribution in [0.25, 0.3) is 11.1 Å². The zero-order chi connectivity index (χ0) is 14.4.